The highest BCUT2D eigenvalue weighted by molar-refractivity contribution is 5.86. The number of nitrogens with zero attached hydrogens (tertiary/aromatic N) is 1. The molecule has 196 valence electrons. The summed E-state index contributed by atoms with van der Waals surface area (Å²) in [7, 11) is 0. The molecule has 0 aromatic heterocycles. The van der Waals surface area contributed by atoms with Crippen molar-refractivity contribution in [3.63, 3.8) is 0 Å². The maximum absolute atomic E-state index is 13.3. The number of nitrogens with one attached hydrogen (secondary N) is 2. The average Bonchev–Trinajstić information content (AvgIpc) is 3.35. The van der Waals surface area contributed by atoms with E-state index in [2.05, 4.69) is 10.6 Å². The minimum Gasteiger partial charge on any atom is -0.462 e. The minimum atomic E-state index is -0.943. The number of aliphatic hydroxyl groups excluding tert-OH is 1. The SMILES string of the molecule is C[C@H](CO)NC(=O)C[C@H]1C/C=C\C[C@@H](NC(=O)OCc2ccccc2)C(=O)OC[C@@H]2CCCN2C1=O. The van der Waals surface area contributed by atoms with Gasteiger partial charge in [0.25, 0.3) is 0 Å². The molecule has 3 rings (SSSR count). The van der Waals surface area contributed by atoms with Crippen LogP contribution in [0, 0.1) is 5.92 Å². The van der Waals surface area contributed by atoms with E-state index in [1.807, 2.05) is 30.3 Å². The Morgan fingerprint density at radius 3 is 2.69 bits per heavy atom. The zero-order valence-corrected chi connectivity index (χ0v) is 20.6. The molecule has 10 nitrogen and oxygen atoms in total. The molecule has 3 N–H and O–H groups in total. The Labute approximate surface area is 211 Å². The van der Waals surface area contributed by atoms with Gasteiger partial charge in [-0.2, -0.15) is 0 Å². The van der Waals surface area contributed by atoms with Crippen LogP contribution in [0.25, 0.3) is 0 Å². The van der Waals surface area contributed by atoms with Gasteiger partial charge in [-0.15, -0.1) is 0 Å². The Morgan fingerprint density at radius 2 is 1.94 bits per heavy atom. The van der Waals surface area contributed by atoms with Crippen LogP contribution in [0.1, 0.15) is 44.6 Å². The maximum Gasteiger partial charge on any atom is 0.408 e. The predicted octanol–water partition coefficient (Wildman–Crippen LogP) is 1.67. The summed E-state index contributed by atoms with van der Waals surface area (Å²) in [6, 6.07) is 7.58. The Kier molecular flexibility index (Phi) is 10.3. The van der Waals surface area contributed by atoms with Gasteiger partial charge in [0.2, 0.25) is 11.8 Å². The smallest absolute Gasteiger partial charge is 0.408 e. The van der Waals surface area contributed by atoms with Crippen molar-refractivity contribution >= 4 is 23.9 Å². The van der Waals surface area contributed by atoms with Crippen LogP contribution in [0.4, 0.5) is 4.79 Å². The predicted molar refractivity (Wildman–Crippen MR) is 130 cm³/mol. The van der Waals surface area contributed by atoms with Crippen LogP contribution in [-0.2, 0) is 30.5 Å². The molecule has 0 saturated carbocycles. The van der Waals surface area contributed by atoms with E-state index in [0.717, 1.165) is 12.0 Å². The second-order valence-electron chi connectivity index (χ2n) is 9.21. The largest absolute Gasteiger partial charge is 0.462 e. The molecule has 3 amide bonds. The molecule has 36 heavy (non-hydrogen) atoms. The summed E-state index contributed by atoms with van der Waals surface area (Å²) >= 11 is 0. The van der Waals surface area contributed by atoms with Crippen molar-refractivity contribution < 1.29 is 33.8 Å². The molecule has 1 saturated heterocycles. The fourth-order valence-electron chi connectivity index (χ4n) is 4.30. The molecule has 2 aliphatic heterocycles. The van der Waals surface area contributed by atoms with Gasteiger partial charge in [0.15, 0.2) is 0 Å². The van der Waals surface area contributed by atoms with Gasteiger partial charge in [-0.1, -0.05) is 42.5 Å². The van der Waals surface area contributed by atoms with E-state index in [4.69, 9.17) is 9.47 Å². The number of hydrogen-bond acceptors (Lipinski definition) is 7. The van der Waals surface area contributed by atoms with Crippen LogP contribution in [0.2, 0.25) is 0 Å². The number of aliphatic hydroxyl groups is 1. The number of hydrogen-bond donors (Lipinski definition) is 3. The number of ether oxygens (including phenoxy) is 2. The lowest BCUT2D eigenvalue weighted by Crippen LogP contribution is -2.46. The second-order valence-corrected chi connectivity index (χ2v) is 9.21. The van der Waals surface area contributed by atoms with Crippen molar-refractivity contribution in [2.45, 2.75) is 63.8 Å². The number of allylic oxidation sites excluding steroid dienone is 1. The summed E-state index contributed by atoms with van der Waals surface area (Å²) < 4.78 is 10.7. The number of rotatable bonds is 7. The monoisotopic (exact) mass is 501 g/mol. The second kappa shape index (κ2) is 13.6. The van der Waals surface area contributed by atoms with Crippen LogP contribution >= 0.6 is 0 Å². The van der Waals surface area contributed by atoms with Crippen molar-refractivity contribution in [1.82, 2.24) is 15.5 Å². The molecule has 2 aliphatic rings. The van der Waals surface area contributed by atoms with Gasteiger partial charge < -0.3 is 30.1 Å². The summed E-state index contributed by atoms with van der Waals surface area (Å²) in [5, 5.41) is 14.5. The third kappa shape index (κ3) is 8.08. The molecule has 0 aliphatic carbocycles. The quantitative estimate of drug-likeness (QED) is 0.382. The van der Waals surface area contributed by atoms with Gasteiger partial charge in [-0.3, -0.25) is 9.59 Å². The molecule has 1 fully saturated rings. The fourth-order valence-corrected chi connectivity index (χ4v) is 4.30. The molecule has 0 spiro atoms. The minimum absolute atomic E-state index is 0.00991. The number of benzene rings is 1. The number of carbonyl (C=O) groups excluding carboxylic acids is 4. The first-order valence-electron chi connectivity index (χ1n) is 12.4. The lowest BCUT2D eigenvalue weighted by Gasteiger charge is -2.29. The third-order valence-corrected chi connectivity index (χ3v) is 6.29. The van der Waals surface area contributed by atoms with Gasteiger partial charge in [0, 0.05) is 19.0 Å². The molecule has 10 heteroatoms. The van der Waals surface area contributed by atoms with Gasteiger partial charge >= 0.3 is 12.1 Å². The Morgan fingerprint density at radius 1 is 1.19 bits per heavy atom. The standard InChI is InChI=1S/C26H35N3O7/c1-18(15-30)27-23(31)14-20-10-5-6-12-22(28-26(34)36-16-19-8-3-2-4-9-19)25(33)35-17-21-11-7-13-29(21)24(20)32/h2-6,8-9,18,20-22,30H,7,10-17H2,1H3,(H,27,31)(H,28,34)/b6-5-/t18-,20-,21+,22-/m1/s1. The van der Waals surface area contributed by atoms with Gasteiger partial charge in [0.1, 0.15) is 19.3 Å². The average molecular weight is 502 g/mol. The van der Waals surface area contributed by atoms with Crippen molar-refractivity contribution in [2.24, 2.45) is 5.92 Å². The lowest BCUT2D eigenvalue weighted by atomic mass is 9.97. The van der Waals surface area contributed by atoms with Gasteiger partial charge in [-0.25, -0.2) is 9.59 Å². The van der Waals surface area contributed by atoms with E-state index >= 15 is 0 Å². The Hall–Kier alpha value is -3.40. The highest BCUT2D eigenvalue weighted by atomic mass is 16.6. The first-order chi connectivity index (χ1) is 17.4. The summed E-state index contributed by atoms with van der Waals surface area (Å²) in [4.78, 5) is 52.5. The molecule has 1 aromatic carbocycles. The summed E-state index contributed by atoms with van der Waals surface area (Å²) in [6.45, 7) is 2.12. The zero-order chi connectivity index (χ0) is 25.9. The van der Waals surface area contributed by atoms with E-state index < -0.39 is 30.1 Å². The number of alkyl carbamates (subject to hydrolysis) is 1. The number of esters is 1. The first-order valence-corrected chi connectivity index (χ1v) is 12.4. The molecule has 0 radical (unpaired) electrons. The highest BCUT2D eigenvalue weighted by Crippen LogP contribution is 2.24. The van der Waals surface area contributed by atoms with E-state index in [9.17, 15) is 24.3 Å². The molecule has 0 unspecified atom stereocenters. The number of fused-ring (bicyclic) bond motifs is 1. The Balaban J connectivity index is 1.66. The number of cyclic esters (lactones) is 1. The normalized spacial score (nSPS) is 24.4. The number of carbonyl (C=O) groups is 4. The van der Waals surface area contributed by atoms with Crippen LogP contribution in [0.3, 0.4) is 0 Å². The van der Waals surface area contributed by atoms with E-state index in [1.54, 1.807) is 24.0 Å². The van der Waals surface area contributed by atoms with Crippen LogP contribution < -0.4 is 10.6 Å². The van der Waals surface area contributed by atoms with E-state index in [0.29, 0.717) is 19.4 Å². The zero-order valence-electron chi connectivity index (χ0n) is 20.6. The molecule has 0 bridgehead atoms. The van der Waals surface area contributed by atoms with Crippen molar-refractivity contribution in [2.75, 3.05) is 19.8 Å². The fraction of sp³-hybridized carbons (Fsp3) is 0.538. The summed E-state index contributed by atoms with van der Waals surface area (Å²) in [5.41, 5.74) is 0.822. The third-order valence-electron chi connectivity index (χ3n) is 6.29. The van der Waals surface area contributed by atoms with Crippen LogP contribution in [-0.4, -0.2) is 71.8 Å². The summed E-state index contributed by atoms with van der Waals surface area (Å²) in [6.07, 6.45) is 4.63. The highest BCUT2D eigenvalue weighted by Gasteiger charge is 2.35. The topological polar surface area (TPSA) is 134 Å². The lowest BCUT2D eigenvalue weighted by molar-refractivity contribution is -0.150. The van der Waals surface area contributed by atoms with Gasteiger partial charge in [-0.05, 0) is 38.2 Å². The van der Waals surface area contributed by atoms with Gasteiger partial charge in [0.05, 0.1) is 18.6 Å². The van der Waals surface area contributed by atoms with Crippen molar-refractivity contribution in [3.8, 4) is 0 Å². The Bertz CT molecular complexity index is 937. The van der Waals surface area contributed by atoms with Crippen LogP contribution in [0.5, 0.6) is 0 Å². The summed E-state index contributed by atoms with van der Waals surface area (Å²) in [5.74, 6) is -1.63. The van der Waals surface area contributed by atoms with Crippen molar-refractivity contribution in [3.05, 3.63) is 48.0 Å². The molecular weight excluding hydrogens is 466 g/mol. The first kappa shape index (κ1) is 27.2. The van der Waals surface area contributed by atoms with E-state index in [-0.39, 0.29) is 50.5 Å². The molecule has 2 heterocycles. The van der Waals surface area contributed by atoms with Crippen molar-refractivity contribution in [1.29, 1.82) is 0 Å². The molecular formula is C26H35N3O7. The van der Waals surface area contributed by atoms with E-state index in [1.165, 1.54) is 0 Å². The number of amides is 3. The molecule has 4 atom stereocenters. The maximum atomic E-state index is 13.3. The molecule has 1 aromatic rings. The van der Waals surface area contributed by atoms with Crippen LogP contribution in [0.15, 0.2) is 42.5 Å².